The lowest BCUT2D eigenvalue weighted by molar-refractivity contribution is 0.166. The highest BCUT2D eigenvalue weighted by molar-refractivity contribution is 5.87. The van der Waals surface area contributed by atoms with Gasteiger partial charge in [-0.25, -0.2) is 9.97 Å². The molecule has 0 radical (unpaired) electrons. The summed E-state index contributed by atoms with van der Waals surface area (Å²) in [6.45, 7) is 5.64. The van der Waals surface area contributed by atoms with E-state index in [4.69, 9.17) is 4.74 Å². The monoisotopic (exact) mass is 309 g/mol. The molecular weight excluding hydrogens is 290 g/mol. The number of rotatable bonds is 3. The first-order valence-corrected chi connectivity index (χ1v) is 7.75. The van der Waals surface area contributed by atoms with E-state index < -0.39 is 0 Å². The van der Waals surface area contributed by atoms with Crippen LogP contribution in [0.25, 0.3) is 11.0 Å². The van der Waals surface area contributed by atoms with Crippen molar-refractivity contribution >= 4 is 16.9 Å². The number of para-hydroxylation sites is 1. The summed E-state index contributed by atoms with van der Waals surface area (Å²) in [5.74, 6) is 2.67. The molecule has 0 aliphatic carbocycles. The average Bonchev–Trinajstić information content (AvgIpc) is 2.85. The molecule has 1 aliphatic heterocycles. The second-order valence-electron chi connectivity index (χ2n) is 6.01. The minimum atomic E-state index is 0.193. The van der Waals surface area contributed by atoms with Crippen LogP contribution in [0.3, 0.4) is 0 Å². The van der Waals surface area contributed by atoms with Gasteiger partial charge in [0.2, 0.25) is 0 Å². The molecule has 0 saturated carbocycles. The van der Waals surface area contributed by atoms with Gasteiger partial charge in [0.1, 0.15) is 23.5 Å². The number of fused-ring (bicyclic) bond motifs is 1. The van der Waals surface area contributed by atoms with Crippen molar-refractivity contribution in [1.29, 1.82) is 0 Å². The minimum absolute atomic E-state index is 0.193. The smallest absolute Gasteiger partial charge is 0.163 e. The van der Waals surface area contributed by atoms with E-state index in [1.54, 1.807) is 4.68 Å². The van der Waals surface area contributed by atoms with Gasteiger partial charge >= 0.3 is 0 Å². The summed E-state index contributed by atoms with van der Waals surface area (Å²) in [6, 6.07) is 8.12. The molecule has 1 saturated heterocycles. The van der Waals surface area contributed by atoms with Crippen LogP contribution in [0.2, 0.25) is 0 Å². The maximum Gasteiger partial charge on any atom is 0.163 e. The Hall–Kier alpha value is -2.63. The number of anilines is 1. The summed E-state index contributed by atoms with van der Waals surface area (Å²) in [4.78, 5) is 11.3. The fourth-order valence-electron chi connectivity index (χ4n) is 2.91. The topological polar surface area (TPSA) is 56.1 Å². The van der Waals surface area contributed by atoms with Gasteiger partial charge in [0, 0.05) is 7.05 Å². The molecule has 6 nitrogen and oxygen atoms in total. The van der Waals surface area contributed by atoms with Crippen LogP contribution in [-0.4, -0.2) is 38.9 Å². The molecule has 3 heterocycles. The zero-order chi connectivity index (χ0) is 16.0. The number of aryl methyl sites for hydroxylation is 3. The molecule has 6 heteroatoms. The summed E-state index contributed by atoms with van der Waals surface area (Å²) in [7, 11) is 1.90. The molecule has 0 N–H and O–H groups in total. The van der Waals surface area contributed by atoms with Gasteiger partial charge in [-0.3, -0.25) is 4.68 Å². The van der Waals surface area contributed by atoms with Crippen LogP contribution < -0.4 is 9.64 Å². The lowest BCUT2D eigenvalue weighted by Crippen LogP contribution is -2.54. The highest BCUT2D eigenvalue weighted by Crippen LogP contribution is 2.29. The van der Waals surface area contributed by atoms with Gasteiger partial charge in [-0.2, -0.15) is 5.10 Å². The Morgan fingerprint density at radius 2 is 1.91 bits per heavy atom. The van der Waals surface area contributed by atoms with Gasteiger partial charge in [-0.05, 0) is 25.5 Å². The Morgan fingerprint density at radius 3 is 2.70 bits per heavy atom. The zero-order valence-corrected chi connectivity index (χ0v) is 13.5. The lowest BCUT2D eigenvalue weighted by Gasteiger charge is -2.40. The number of benzene rings is 1. The number of aromatic nitrogens is 4. The molecule has 2 aromatic heterocycles. The lowest BCUT2D eigenvalue weighted by atomic mass is 10.1. The van der Waals surface area contributed by atoms with Crippen molar-refractivity contribution in [1.82, 2.24) is 19.7 Å². The summed E-state index contributed by atoms with van der Waals surface area (Å²) >= 11 is 0. The molecule has 118 valence electrons. The second kappa shape index (κ2) is 5.22. The van der Waals surface area contributed by atoms with Crippen LogP contribution in [0.5, 0.6) is 5.75 Å². The first-order valence-electron chi connectivity index (χ1n) is 7.75. The fraction of sp³-hybridized carbons (Fsp3) is 0.353. The van der Waals surface area contributed by atoms with E-state index in [0.29, 0.717) is 0 Å². The molecule has 23 heavy (non-hydrogen) atoms. The molecule has 0 bridgehead atoms. The Kier molecular flexibility index (Phi) is 3.18. The number of hydrogen-bond donors (Lipinski definition) is 0. The van der Waals surface area contributed by atoms with Crippen LogP contribution in [0, 0.1) is 13.8 Å². The van der Waals surface area contributed by atoms with Crippen LogP contribution in [-0.2, 0) is 7.05 Å². The Bertz CT molecular complexity index is 867. The zero-order valence-electron chi connectivity index (χ0n) is 13.5. The SMILES string of the molecule is Cc1nc(N2CC(Oc3ccccc3C)C2)c2cnn(C)c2n1. The summed E-state index contributed by atoms with van der Waals surface area (Å²) < 4.78 is 7.86. The summed E-state index contributed by atoms with van der Waals surface area (Å²) in [5.41, 5.74) is 2.04. The molecule has 1 fully saturated rings. The van der Waals surface area contributed by atoms with E-state index in [9.17, 15) is 0 Å². The number of hydrogen-bond acceptors (Lipinski definition) is 5. The molecule has 0 atom stereocenters. The van der Waals surface area contributed by atoms with Crippen molar-refractivity contribution in [2.45, 2.75) is 20.0 Å². The third kappa shape index (κ3) is 2.40. The van der Waals surface area contributed by atoms with E-state index in [1.165, 1.54) is 5.56 Å². The Labute approximate surface area is 134 Å². The molecule has 1 aliphatic rings. The van der Waals surface area contributed by atoms with Crippen molar-refractivity contribution in [3.63, 3.8) is 0 Å². The normalized spacial score (nSPS) is 15.0. The van der Waals surface area contributed by atoms with Crippen molar-refractivity contribution in [3.8, 4) is 5.75 Å². The van der Waals surface area contributed by atoms with E-state index in [2.05, 4.69) is 33.0 Å². The van der Waals surface area contributed by atoms with Gasteiger partial charge < -0.3 is 9.64 Å². The standard InChI is InChI=1S/C17H19N5O/c1-11-6-4-5-7-15(11)23-13-9-22(10-13)17-14-8-18-21(3)16(14)19-12(2)20-17/h4-8,13H,9-10H2,1-3H3. The van der Waals surface area contributed by atoms with Crippen molar-refractivity contribution in [2.75, 3.05) is 18.0 Å². The summed E-state index contributed by atoms with van der Waals surface area (Å²) in [6.07, 6.45) is 2.03. The van der Waals surface area contributed by atoms with Crippen molar-refractivity contribution < 1.29 is 4.74 Å². The van der Waals surface area contributed by atoms with Gasteiger partial charge in [-0.1, -0.05) is 18.2 Å². The number of ether oxygens (including phenoxy) is 1. The van der Waals surface area contributed by atoms with E-state index >= 15 is 0 Å². The fourth-order valence-corrected chi connectivity index (χ4v) is 2.91. The molecule has 4 rings (SSSR count). The van der Waals surface area contributed by atoms with Crippen molar-refractivity contribution in [3.05, 3.63) is 41.9 Å². The van der Waals surface area contributed by atoms with Gasteiger partial charge in [0.25, 0.3) is 0 Å². The highest BCUT2D eigenvalue weighted by atomic mass is 16.5. The van der Waals surface area contributed by atoms with Gasteiger partial charge in [0.05, 0.1) is 24.7 Å². The molecule has 0 unspecified atom stereocenters. The third-order valence-electron chi connectivity index (χ3n) is 4.22. The van der Waals surface area contributed by atoms with Gasteiger partial charge in [-0.15, -0.1) is 0 Å². The molecule has 1 aromatic carbocycles. The number of nitrogens with zero attached hydrogens (tertiary/aromatic N) is 5. The third-order valence-corrected chi connectivity index (χ3v) is 4.22. The maximum atomic E-state index is 6.07. The first kappa shape index (κ1) is 14.0. The second-order valence-corrected chi connectivity index (χ2v) is 6.01. The predicted molar refractivity (Wildman–Crippen MR) is 88.8 cm³/mol. The molecule has 0 spiro atoms. The first-order chi connectivity index (χ1) is 11.1. The van der Waals surface area contributed by atoms with Crippen LogP contribution in [0.4, 0.5) is 5.82 Å². The predicted octanol–water partition coefficient (Wildman–Crippen LogP) is 2.25. The van der Waals surface area contributed by atoms with E-state index in [-0.39, 0.29) is 6.10 Å². The largest absolute Gasteiger partial charge is 0.486 e. The average molecular weight is 309 g/mol. The Morgan fingerprint density at radius 1 is 1.13 bits per heavy atom. The maximum absolute atomic E-state index is 6.07. The van der Waals surface area contributed by atoms with Gasteiger partial charge in [0.15, 0.2) is 5.65 Å². The molecule has 0 amide bonds. The minimum Gasteiger partial charge on any atom is -0.486 e. The van der Waals surface area contributed by atoms with E-state index in [1.807, 2.05) is 38.4 Å². The summed E-state index contributed by atoms with van der Waals surface area (Å²) in [5, 5.41) is 5.29. The highest BCUT2D eigenvalue weighted by Gasteiger charge is 2.31. The van der Waals surface area contributed by atoms with Crippen LogP contribution >= 0.6 is 0 Å². The quantitative estimate of drug-likeness (QED) is 0.743. The van der Waals surface area contributed by atoms with E-state index in [0.717, 1.165) is 41.5 Å². The Balaban J connectivity index is 1.53. The van der Waals surface area contributed by atoms with Crippen LogP contribution in [0.1, 0.15) is 11.4 Å². The molecule has 3 aromatic rings. The van der Waals surface area contributed by atoms with Crippen molar-refractivity contribution in [2.24, 2.45) is 7.05 Å². The van der Waals surface area contributed by atoms with Crippen LogP contribution in [0.15, 0.2) is 30.5 Å². The molecular formula is C17H19N5O.